The number of thiazole rings is 1. The molecule has 0 spiro atoms. The maximum Gasteiger partial charge on any atom is 0.250 e. The number of carbonyl (C=O) groups is 1. The summed E-state index contributed by atoms with van der Waals surface area (Å²) in [6.07, 6.45) is 1.71. The first kappa shape index (κ1) is 26.8. The van der Waals surface area contributed by atoms with E-state index in [0.29, 0.717) is 12.4 Å². The summed E-state index contributed by atoms with van der Waals surface area (Å²) in [4.78, 5) is 17.3. The zero-order valence-electron chi connectivity index (χ0n) is 22.3. The van der Waals surface area contributed by atoms with Crippen LogP contribution in [0.25, 0.3) is 16.0 Å². The predicted molar refractivity (Wildman–Crippen MR) is 167 cm³/mol. The summed E-state index contributed by atoms with van der Waals surface area (Å²) in [6.45, 7) is 2.55. The summed E-state index contributed by atoms with van der Waals surface area (Å²) < 4.78 is 14.1. The maximum atomic E-state index is 12.7. The van der Waals surface area contributed by atoms with Gasteiger partial charge in [0.05, 0.1) is 28.8 Å². The lowest BCUT2D eigenvalue weighted by atomic mass is 9.81. The van der Waals surface area contributed by atoms with Gasteiger partial charge in [-0.3, -0.25) is 4.79 Å². The van der Waals surface area contributed by atoms with Crippen molar-refractivity contribution in [2.45, 2.75) is 17.2 Å². The molecule has 0 bridgehead atoms. The minimum absolute atomic E-state index is 0.138. The topological polar surface area (TPSA) is 72.8 Å². The third-order valence-corrected chi connectivity index (χ3v) is 8.75. The first-order valence-electron chi connectivity index (χ1n) is 13.3. The number of nitrogens with one attached hydrogen (secondary N) is 1. The molecule has 2 heterocycles. The Bertz CT molecular complexity index is 1700. The minimum atomic E-state index is -0.206. The number of fused-ring (bicyclic) bond motifs is 2. The van der Waals surface area contributed by atoms with E-state index in [1.807, 2.05) is 91.9 Å². The van der Waals surface area contributed by atoms with Crippen molar-refractivity contribution < 1.29 is 14.3 Å². The van der Waals surface area contributed by atoms with Crippen molar-refractivity contribution in [3.05, 3.63) is 125 Å². The number of carbonyl (C=O) groups excluding carboxylic acids is 1. The Kier molecular flexibility index (Phi) is 8.11. The average Bonchev–Trinajstić information content (AvgIpc) is 3.44. The highest BCUT2D eigenvalue weighted by Crippen LogP contribution is 2.45. The van der Waals surface area contributed by atoms with Crippen molar-refractivity contribution in [3.63, 3.8) is 0 Å². The van der Waals surface area contributed by atoms with Gasteiger partial charge in [0.2, 0.25) is 0 Å². The summed E-state index contributed by atoms with van der Waals surface area (Å²) in [5.74, 6) is 2.13. The van der Waals surface area contributed by atoms with E-state index in [9.17, 15) is 4.79 Å². The van der Waals surface area contributed by atoms with Crippen LogP contribution in [0.1, 0.15) is 29.5 Å². The Morgan fingerprint density at radius 3 is 2.56 bits per heavy atom. The molecule has 1 unspecified atom stereocenters. The predicted octanol–water partition coefficient (Wildman–Crippen LogP) is 7.52. The first-order chi connectivity index (χ1) is 20.2. The molecule has 41 heavy (non-hydrogen) atoms. The molecule has 6 nitrogen and oxygen atoms in total. The molecule has 1 aliphatic rings. The van der Waals surface area contributed by atoms with E-state index in [2.05, 4.69) is 33.7 Å². The average molecular weight is 578 g/mol. The van der Waals surface area contributed by atoms with E-state index in [1.165, 1.54) is 11.8 Å². The van der Waals surface area contributed by atoms with E-state index >= 15 is 0 Å². The molecule has 6 rings (SSSR count). The molecule has 0 saturated heterocycles. The van der Waals surface area contributed by atoms with Crippen molar-refractivity contribution in [2.24, 2.45) is 5.10 Å². The number of hydrogen-bond acceptors (Lipinski definition) is 7. The van der Waals surface area contributed by atoms with Gasteiger partial charge in [-0.25, -0.2) is 10.4 Å². The van der Waals surface area contributed by atoms with Gasteiger partial charge >= 0.3 is 0 Å². The van der Waals surface area contributed by atoms with Crippen LogP contribution in [0.5, 0.6) is 11.5 Å². The molecular weight excluding hydrogens is 551 g/mol. The molecule has 1 atom stereocenters. The lowest BCUT2D eigenvalue weighted by Crippen LogP contribution is -2.22. The van der Waals surface area contributed by atoms with E-state index in [-0.39, 0.29) is 17.6 Å². The lowest BCUT2D eigenvalue weighted by molar-refractivity contribution is -0.118. The molecule has 0 fully saturated rings. The maximum absolute atomic E-state index is 12.7. The number of aromatic nitrogens is 1. The number of hydrogen-bond donors (Lipinski definition) is 1. The van der Waals surface area contributed by atoms with Gasteiger partial charge in [-0.05, 0) is 55.0 Å². The highest BCUT2D eigenvalue weighted by atomic mass is 32.2. The van der Waals surface area contributed by atoms with Crippen LogP contribution in [-0.4, -0.2) is 29.5 Å². The molecular formula is C33H27N3O3S2. The van der Waals surface area contributed by atoms with Crippen molar-refractivity contribution >= 4 is 51.2 Å². The standard InChI is InChI=1S/C33H27N3O3S2/c1-2-38-24-18-16-23(17-19-24)32-26(31(22-10-4-3-5-11-22)25-12-6-8-14-28(25)39-32)20-34-36-30(37)21-40-33-35-27-13-7-9-15-29(27)41-33/h3-20,31H,2,21H2,1H3,(H,36,37). The van der Waals surface area contributed by atoms with Crippen LogP contribution < -0.4 is 14.9 Å². The fourth-order valence-corrected chi connectivity index (χ4v) is 6.62. The number of para-hydroxylation sites is 2. The van der Waals surface area contributed by atoms with Gasteiger partial charge in [0, 0.05) is 22.6 Å². The van der Waals surface area contributed by atoms with Crippen molar-refractivity contribution in [1.82, 2.24) is 10.4 Å². The smallest absolute Gasteiger partial charge is 0.250 e. The van der Waals surface area contributed by atoms with Crippen LogP contribution in [0.3, 0.4) is 0 Å². The van der Waals surface area contributed by atoms with Crippen molar-refractivity contribution in [1.29, 1.82) is 0 Å². The molecule has 1 aromatic heterocycles. The third-order valence-electron chi connectivity index (χ3n) is 6.57. The summed E-state index contributed by atoms with van der Waals surface area (Å²) in [6, 6.07) is 34.1. The largest absolute Gasteiger partial charge is 0.494 e. The van der Waals surface area contributed by atoms with Crippen molar-refractivity contribution in [2.75, 3.05) is 12.4 Å². The molecule has 5 aromatic rings. The number of ether oxygens (including phenoxy) is 2. The number of allylic oxidation sites excluding steroid dienone is 1. The zero-order valence-corrected chi connectivity index (χ0v) is 24.0. The third kappa shape index (κ3) is 6.04. The quantitative estimate of drug-likeness (QED) is 0.111. The second-order valence-corrected chi connectivity index (χ2v) is 11.5. The van der Waals surface area contributed by atoms with E-state index in [1.54, 1.807) is 17.6 Å². The number of rotatable bonds is 9. The Labute approximate surface area is 246 Å². The Morgan fingerprint density at radius 2 is 1.76 bits per heavy atom. The van der Waals surface area contributed by atoms with Crippen LogP contribution in [0, 0.1) is 0 Å². The minimum Gasteiger partial charge on any atom is -0.494 e. The normalized spacial score (nSPS) is 14.6. The highest BCUT2D eigenvalue weighted by molar-refractivity contribution is 8.01. The van der Waals surface area contributed by atoms with Gasteiger partial charge in [-0.2, -0.15) is 5.10 Å². The monoisotopic (exact) mass is 577 g/mol. The molecule has 4 aromatic carbocycles. The van der Waals surface area contributed by atoms with Crippen LogP contribution in [0.4, 0.5) is 0 Å². The van der Waals surface area contributed by atoms with E-state index in [0.717, 1.165) is 48.3 Å². The molecule has 1 aliphatic heterocycles. The Balaban J connectivity index is 1.29. The molecule has 0 aliphatic carbocycles. The molecule has 8 heteroatoms. The van der Waals surface area contributed by atoms with E-state index in [4.69, 9.17) is 9.47 Å². The lowest BCUT2D eigenvalue weighted by Gasteiger charge is -2.30. The number of nitrogens with zero attached hydrogens (tertiary/aromatic N) is 2. The van der Waals surface area contributed by atoms with Gasteiger partial charge in [0.15, 0.2) is 4.34 Å². The summed E-state index contributed by atoms with van der Waals surface area (Å²) in [5, 5.41) is 4.40. The van der Waals surface area contributed by atoms with Gasteiger partial charge < -0.3 is 9.47 Å². The van der Waals surface area contributed by atoms with Gasteiger partial charge in [-0.15, -0.1) is 11.3 Å². The highest BCUT2D eigenvalue weighted by Gasteiger charge is 2.31. The van der Waals surface area contributed by atoms with Crippen LogP contribution >= 0.6 is 23.1 Å². The zero-order chi connectivity index (χ0) is 28.0. The number of hydrazone groups is 1. The molecule has 1 amide bonds. The fraction of sp³-hybridized carbons (Fsp3) is 0.121. The SMILES string of the molecule is CCOc1ccc(C2=C(C=NNC(=O)CSc3nc4ccccc4s3)C(c3ccccc3)c3ccccc3O2)cc1. The van der Waals surface area contributed by atoms with E-state index < -0.39 is 0 Å². The summed E-state index contributed by atoms with van der Waals surface area (Å²) in [5.41, 5.74) is 7.52. The van der Waals surface area contributed by atoms with Gasteiger partial charge in [-0.1, -0.05) is 72.4 Å². The van der Waals surface area contributed by atoms with Gasteiger partial charge in [0.25, 0.3) is 5.91 Å². The molecule has 204 valence electrons. The number of benzene rings is 4. The Hall–Kier alpha value is -4.40. The number of amides is 1. The second kappa shape index (κ2) is 12.4. The van der Waals surface area contributed by atoms with Crippen LogP contribution in [0.2, 0.25) is 0 Å². The van der Waals surface area contributed by atoms with Crippen molar-refractivity contribution in [3.8, 4) is 11.5 Å². The molecule has 0 radical (unpaired) electrons. The summed E-state index contributed by atoms with van der Waals surface area (Å²) >= 11 is 2.98. The van der Waals surface area contributed by atoms with Gasteiger partial charge in [0.1, 0.15) is 17.3 Å². The second-order valence-electron chi connectivity index (χ2n) is 9.25. The molecule has 1 N–H and O–H groups in total. The molecule has 0 saturated carbocycles. The fourth-order valence-electron chi connectivity index (χ4n) is 4.76. The Morgan fingerprint density at radius 1 is 1.00 bits per heavy atom. The number of thioether (sulfide) groups is 1. The van der Waals surface area contributed by atoms with Crippen LogP contribution in [0.15, 0.2) is 118 Å². The first-order valence-corrected chi connectivity index (χ1v) is 15.1. The van der Waals surface area contributed by atoms with Crippen LogP contribution in [-0.2, 0) is 4.79 Å². The summed E-state index contributed by atoms with van der Waals surface area (Å²) in [7, 11) is 0.